The number of para-hydroxylation sites is 1. The second-order valence-electron chi connectivity index (χ2n) is 3.77. The lowest BCUT2D eigenvalue weighted by molar-refractivity contribution is -0.287. The SMILES string of the molecule is N[C@H](CC(F)(F)F)c1cccc2c1OC(F)(F)O2. The van der Waals surface area contributed by atoms with Crippen molar-refractivity contribution in [1.29, 1.82) is 0 Å². The first-order valence-corrected chi connectivity index (χ1v) is 4.89. The summed E-state index contributed by atoms with van der Waals surface area (Å²) < 4.78 is 70.5. The molecule has 1 aliphatic heterocycles. The highest BCUT2D eigenvalue weighted by Crippen LogP contribution is 2.46. The Labute approximate surface area is 98.3 Å². The first-order valence-electron chi connectivity index (χ1n) is 4.89. The summed E-state index contributed by atoms with van der Waals surface area (Å²) in [6, 6.07) is 2.15. The van der Waals surface area contributed by atoms with Crippen LogP contribution in [0.2, 0.25) is 0 Å². The van der Waals surface area contributed by atoms with E-state index in [9.17, 15) is 22.0 Å². The third-order valence-corrected chi connectivity index (χ3v) is 2.31. The molecule has 1 aliphatic rings. The summed E-state index contributed by atoms with van der Waals surface area (Å²) in [6.45, 7) is 0. The largest absolute Gasteiger partial charge is 0.586 e. The van der Waals surface area contributed by atoms with Crippen LogP contribution >= 0.6 is 0 Å². The Morgan fingerprint density at radius 3 is 2.50 bits per heavy atom. The molecule has 2 rings (SSSR count). The van der Waals surface area contributed by atoms with Gasteiger partial charge >= 0.3 is 12.5 Å². The monoisotopic (exact) mass is 269 g/mol. The molecule has 3 nitrogen and oxygen atoms in total. The Morgan fingerprint density at radius 2 is 1.89 bits per heavy atom. The number of halogens is 5. The summed E-state index contributed by atoms with van der Waals surface area (Å²) >= 11 is 0. The molecule has 2 N–H and O–H groups in total. The average Bonchev–Trinajstić information content (AvgIpc) is 2.47. The van der Waals surface area contributed by atoms with Gasteiger partial charge in [-0.2, -0.15) is 13.2 Å². The Bertz CT molecular complexity index is 460. The minimum atomic E-state index is -4.50. The van der Waals surface area contributed by atoms with Crippen molar-refractivity contribution in [2.24, 2.45) is 5.73 Å². The van der Waals surface area contributed by atoms with Gasteiger partial charge < -0.3 is 15.2 Å². The molecule has 0 fully saturated rings. The van der Waals surface area contributed by atoms with Crippen molar-refractivity contribution in [1.82, 2.24) is 0 Å². The van der Waals surface area contributed by atoms with Gasteiger partial charge in [0.15, 0.2) is 11.5 Å². The van der Waals surface area contributed by atoms with E-state index in [4.69, 9.17) is 5.73 Å². The van der Waals surface area contributed by atoms with Crippen molar-refractivity contribution >= 4 is 0 Å². The standard InChI is InChI=1S/C10H8F5NO2/c11-9(12,13)4-6(16)5-2-1-3-7-8(5)18-10(14,15)17-7/h1-3,6H,4,16H2/t6-/m1/s1. The number of fused-ring (bicyclic) bond motifs is 1. The van der Waals surface area contributed by atoms with Crippen LogP contribution in [0.1, 0.15) is 18.0 Å². The molecule has 1 heterocycles. The van der Waals surface area contributed by atoms with Gasteiger partial charge in [0.2, 0.25) is 0 Å². The van der Waals surface area contributed by atoms with Gasteiger partial charge in [0.05, 0.1) is 6.42 Å². The van der Waals surface area contributed by atoms with Gasteiger partial charge in [0, 0.05) is 11.6 Å². The molecule has 0 radical (unpaired) electrons. The maximum absolute atomic E-state index is 12.8. The molecule has 0 spiro atoms. The molecule has 0 bridgehead atoms. The highest BCUT2D eigenvalue weighted by Gasteiger charge is 2.45. The lowest BCUT2D eigenvalue weighted by Crippen LogP contribution is -2.26. The molecular weight excluding hydrogens is 261 g/mol. The molecule has 18 heavy (non-hydrogen) atoms. The second kappa shape index (κ2) is 3.98. The first kappa shape index (κ1) is 12.9. The first-order chi connectivity index (χ1) is 8.18. The molecule has 1 atom stereocenters. The molecular formula is C10H8F5NO2. The van der Waals surface area contributed by atoms with Crippen LogP contribution in [0.25, 0.3) is 0 Å². The van der Waals surface area contributed by atoms with Crippen LogP contribution in [0.4, 0.5) is 22.0 Å². The summed E-state index contributed by atoms with van der Waals surface area (Å²) in [5.41, 5.74) is 5.18. The van der Waals surface area contributed by atoms with Crippen molar-refractivity contribution < 1.29 is 31.4 Å². The highest BCUT2D eigenvalue weighted by molar-refractivity contribution is 5.50. The Morgan fingerprint density at radius 1 is 1.22 bits per heavy atom. The highest BCUT2D eigenvalue weighted by atomic mass is 19.4. The van der Waals surface area contributed by atoms with E-state index in [-0.39, 0.29) is 11.3 Å². The van der Waals surface area contributed by atoms with E-state index in [0.29, 0.717) is 0 Å². The van der Waals surface area contributed by atoms with E-state index >= 15 is 0 Å². The molecule has 0 unspecified atom stereocenters. The normalized spacial score (nSPS) is 18.8. The lowest BCUT2D eigenvalue weighted by Gasteiger charge is -2.16. The molecule has 1 aromatic rings. The average molecular weight is 269 g/mol. The van der Waals surface area contributed by atoms with Gasteiger partial charge in [-0.3, -0.25) is 0 Å². The van der Waals surface area contributed by atoms with E-state index in [2.05, 4.69) is 9.47 Å². The van der Waals surface area contributed by atoms with Crippen molar-refractivity contribution in [3.8, 4) is 11.5 Å². The van der Waals surface area contributed by atoms with E-state index < -0.39 is 30.7 Å². The van der Waals surface area contributed by atoms with Crippen molar-refractivity contribution in [3.63, 3.8) is 0 Å². The van der Waals surface area contributed by atoms with E-state index in [1.165, 1.54) is 18.2 Å². The van der Waals surface area contributed by atoms with Gasteiger partial charge in [-0.1, -0.05) is 12.1 Å². The number of ether oxygens (including phenoxy) is 2. The summed E-state index contributed by atoms with van der Waals surface area (Å²) in [7, 11) is 0. The summed E-state index contributed by atoms with van der Waals surface area (Å²) in [5, 5.41) is 0. The Balaban J connectivity index is 2.29. The number of nitrogens with two attached hydrogens (primary N) is 1. The molecule has 0 amide bonds. The maximum Gasteiger partial charge on any atom is 0.586 e. The van der Waals surface area contributed by atoms with Gasteiger partial charge in [-0.25, -0.2) is 0 Å². The third-order valence-electron chi connectivity index (χ3n) is 2.31. The Kier molecular flexibility index (Phi) is 2.84. The molecule has 1 aromatic carbocycles. The zero-order valence-electron chi connectivity index (χ0n) is 8.80. The molecule has 0 aromatic heterocycles. The minimum Gasteiger partial charge on any atom is -0.395 e. The fourth-order valence-electron chi connectivity index (χ4n) is 1.64. The minimum absolute atomic E-state index is 0.165. The predicted octanol–water partition coefficient (Wildman–Crippen LogP) is 2.96. The number of alkyl halides is 5. The fourth-order valence-corrected chi connectivity index (χ4v) is 1.64. The van der Waals surface area contributed by atoms with Crippen LogP contribution in [0.15, 0.2) is 18.2 Å². The van der Waals surface area contributed by atoms with Gasteiger partial charge in [-0.05, 0) is 6.07 Å². The predicted molar refractivity (Wildman–Crippen MR) is 50.2 cm³/mol. The van der Waals surface area contributed by atoms with Gasteiger partial charge in [-0.15, -0.1) is 8.78 Å². The Hall–Kier alpha value is -1.57. The lowest BCUT2D eigenvalue weighted by atomic mass is 10.0. The van der Waals surface area contributed by atoms with E-state index in [0.717, 1.165) is 0 Å². The van der Waals surface area contributed by atoms with Gasteiger partial charge in [0.25, 0.3) is 0 Å². The number of hydrogen-bond donors (Lipinski definition) is 1. The molecule has 0 saturated carbocycles. The van der Waals surface area contributed by atoms with Crippen LogP contribution in [0.5, 0.6) is 11.5 Å². The van der Waals surface area contributed by atoms with Crippen LogP contribution in [0, 0.1) is 0 Å². The van der Waals surface area contributed by atoms with E-state index in [1.807, 2.05) is 0 Å². The van der Waals surface area contributed by atoms with Crippen LogP contribution in [-0.4, -0.2) is 12.5 Å². The molecule has 100 valence electrons. The maximum atomic E-state index is 12.8. The zero-order valence-corrected chi connectivity index (χ0v) is 8.80. The number of hydrogen-bond acceptors (Lipinski definition) is 3. The molecule has 0 aliphatic carbocycles. The zero-order chi connectivity index (χ0) is 13.6. The van der Waals surface area contributed by atoms with E-state index in [1.54, 1.807) is 0 Å². The summed E-state index contributed by atoms with van der Waals surface area (Å²) in [4.78, 5) is 0. The van der Waals surface area contributed by atoms with Crippen LogP contribution < -0.4 is 15.2 Å². The van der Waals surface area contributed by atoms with Gasteiger partial charge in [0.1, 0.15) is 0 Å². The second-order valence-corrected chi connectivity index (χ2v) is 3.77. The number of benzene rings is 1. The third kappa shape index (κ3) is 2.63. The summed E-state index contributed by atoms with van der Waals surface area (Å²) in [6.07, 6.45) is -9.71. The van der Waals surface area contributed by atoms with Crippen LogP contribution in [-0.2, 0) is 0 Å². The molecule has 0 saturated heterocycles. The molecule has 8 heteroatoms. The quantitative estimate of drug-likeness (QED) is 0.839. The smallest absolute Gasteiger partial charge is 0.395 e. The van der Waals surface area contributed by atoms with Crippen molar-refractivity contribution in [2.45, 2.75) is 24.9 Å². The number of rotatable bonds is 2. The topological polar surface area (TPSA) is 44.5 Å². The van der Waals surface area contributed by atoms with Crippen LogP contribution in [0.3, 0.4) is 0 Å². The van der Waals surface area contributed by atoms with Crippen molar-refractivity contribution in [3.05, 3.63) is 23.8 Å². The van der Waals surface area contributed by atoms with Crippen molar-refractivity contribution in [2.75, 3.05) is 0 Å². The fraction of sp³-hybridized carbons (Fsp3) is 0.400. The summed E-state index contributed by atoms with van der Waals surface area (Å²) in [5.74, 6) is -0.769.